The average molecular weight is 275 g/mol. The number of hydrogen-bond donors (Lipinski definition) is 2. The maximum Gasteiger partial charge on any atom is 0.223 e. The quantitative estimate of drug-likeness (QED) is 0.838. The minimum absolute atomic E-state index is 0.0721. The number of rotatable bonds is 6. The number of carbonyl (C=O) groups excluding carboxylic acids is 1. The molecule has 0 aliphatic heterocycles. The highest BCUT2D eigenvalue weighted by Crippen LogP contribution is 2.47. The topological polar surface area (TPSA) is 49.3 Å². The van der Waals surface area contributed by atoms with E-state index in [1.807, 2.05) is 18.2 Å². The molecule has 1 fully saturated rings. The lowest BCUT2D eigenvalue weighted by atomic mass is 9.94. The van der Waals surface area contributed by atoms with Crippen molar-refractivity contribution >= 4 is 5.91 Å². The Bertz CT molecular complexity index is 453. The summed E-state index contributed by atoms with van der Waals surface area (Å²) in [5, 5.41) is 13.1. The third kappa shape index (κ3) is 4.07. The van der Waals surface area contributed by atoms with Crippen molar-refractivity contribution in [3.63, 3.8) is 0 Å². The Morgan fingerprint density at radius 2 is 2.05 bits per heavy atom. The first kappa shape index (κ1) is 15.0. The monoisotopic (exact) mass is 275 g/mol. The molecule has 0 spiro atoms. The van der Waals surface area contributed by atoms with Gasteiger partial charge in [-0.05, 0) is 37.2 Å². The van der Waals surface area contributed by atoms with E-state index in [0.29, 0.717) is 24.8 Å². The predicted octanol–water partition coefficient (Wildman–Crippen LogP) is 2.70. The van der Waals surface area contributed by atoms with Gasteiger partial charge in [0.05, 0.1) is 5.60 Å². The second kappa shape index (κ2) is 5.96. The molecule has 0 bridgehead atoms. The zero-order valence-corrected chi connectivity index (χ0v) is 12.6. The molecule has 1 amide bonds. The number of amides is 1. The molecule has 3 nitrogen and oxygen atoms in total. The van der Waals surface area contributed by atoms with Gasteiger partial charge in [0.2, 0.25) is 5.91 Å². The van der Waals surface area contributed by atoms with E-state index < -0.39 is 5.60 Å². The first-order valence-corrected chi connectivity index (χ1v) is 7.44. The summed E-state index contributed by atoms with van der Waals surface area (Å²) in [6.45, 7) is 6.27. The number of aliphatic hydroxyl groups is 1. The zero-order valence-electron chi connectivity index (χ0n) is 12.6. The van der Waals surface area contributed by atoms with E-state index in [2.05, 4.69) is 31.3 Å². The maximum atomic E-state index is 12.1. The van der Waals surface area contributed by atoms with E-state index >= 15 is 0 Å². The lowest BCUT2D eigenvalue weighted by Gasteiger charge is -2.25. The van der Waals surface area contributed by atoms with Crippen LogP contribution >= 0.6 is 0 Å². The minimum atomic E-state index is -0.818. The van der Waals surface area contributed by atoms with Gasteiger partial charge in [0.1, 0.15) is 0 Å². The Morgan fingerprint density at radius 1 is 1.40 bits per heavy atom. The smallest absolute Gasteiger partial charge is 0.223 e. The molecule has 20 heavy (non-hydrogen) atoms. The summed E-state index contributed by atoms with van der Waals surface area (Å²) in [4.78, 5) is 12.1. The number of nitrogens with one attached hydrogen (secondary N) is 1. The second-order valence-electron chi connectivity index (χ2n) is 6.67. The van der Waals surface area contributed by atoms with Crippen molar-refractivity contribution in [2.24, 2.45) is 11.8 Å². The molecule has 1 aliphatic carbocycles. The fraction of sp³-hybridized carbons (Fsp3) is 0.588. The molecule has 1 aliphatic rings. The van der Waals surface area contributed by atoms with Gasteiger partial charge in [-0.1, -0.05) is 44.2 Å². The van der Waals surface area contributed by atoms with Crippen molar-refractivity contribution in [2.75, 3.05) is 6.54 Å². The van der Waals surface area contributed by atoms with Crippen molar-refractivity contribution < 1.29 is 9.90 Å². The first-order chi connectivity index (χ1) is 9.39. The average Bonchev–Trinajstić information content (AvgIpc) is 3.16. The van der Waals surface area contributed by atoms with Crippen LogP contribution in [0.3, 0.4) is 0 Å². The standard InChI is InChI=1S/C17H25NO2/c1-12(2)10-17(3,20)11-18-16(19)15-9-14(15)13-7-5-4-6-8-13/h4-8,12,14-15,20H,9-11H2,1-3H3,(H,18,19). The van der Waals surface area contributed by atoms with Gasteiger partial charge in [0, 0.05) is 12.5 Å². The number of hydrogen-bond acceptors (Lipinski definition) is 2. The van der Waals surface area contributed by atoms with Crippen LogP contribution < -0.4 is 5.32 Å². The number of benzene rings is 1. The molecule has 2 rings (SSSR count). The Labute approximate surface area is 121 Å². The van der Waals surface area contributed by atoms with E-state index in [1.54, 1.807) is 6.92 Å². The molecule has 3 unspecified atom stereocenters. The van der Waals surface area contributed by atoms with Crippen LogP contribution in [0.15, 0.2) is 30.3 Å². The molecule has 0 radical (unpaired) electrons. The Morgan fingerprint density at radius 3 is 2.65 bits per heavy atom. The molecule has 2 N–H and O–H groups in total. The van der Waals surface area contributed by atoms with E-state index in [-0.39, 0.29) is 11.8 Å². The van der Waals surface area contributed by atoms with Gasteiger partial charge >= 0.3 is 0 Å². The maximum absolute atomic E-state index is 12.1. The summed E-state index contributed by atoms with van der Waals surface area (Å²) in [6.07, 6.45) is 1.61. The van der Waals surface area contributed by atoms with Crippen molar-refractivity contribution in [3.8, 4) is 0 Å². The van der Waals surface area contributed by atoms with E-state index in [4.69, 9.17) is 0 Å². The summed E-state index contributed by atoms with van der Waals surface area (Å²) in [6, 6.07) is 10.2. The van der Waals surface area contributed by atoms with E-state index in [1.165, 1.54) is 5.56 Å². The van der Waals surface area contributed by atoms with Crippen molar-refractivity contribution in [1.29, 1.82) is 0 Å². The Hall–Kier alpha value is -1.35. The molecule has 1 aromatic rings. The molecule has 1 aromatic carbocycles. The number of carbonyl (C=O) groups is 1. The summed E-state index contributed by atoms with van der Waals surface area (Å²) in [7, 11) is 0. The van der Waals surface area contributed by atoms with Gasteiger partial charge in [-0.15, -0.1) is 0 Å². The SMILES string of the molecule is CC(C)CC(C)(O)CNC(=O)C1CC1c1ccccc1. The second-order valence-corrected chi connectivity index (χ2v) is 6.67. The van der Waals surface area contributed by atoms with E-state index in [9.17, 15) is 9.90 Å². The van der Waals surface area contributed by atoms with Gasteiger partial charge in [-0.2, -0.15) is 0 Å². The van der Waals surface area contributed by atoms with Crippen LogP contribution in [-0.4, -0.2) is 23.2 Å². The van der Waals surface area contributed by atoms with Crippen molar-refractivity contribution in [3.05, 3.63) is 35.9 Å². The van der Waals surface area contributed by atoms with Crippen LogP contribution in [0.25, 0.3) is 0 Å². The van der Waals surface area contributed by atoms with Gasteiger partial charge in [-0.3, -0.25) is 4.79 Å². The molecular weight excluding hydrogens is 250 g/mol. The zero-order chi connectivity index (χ0) is 14.8. The molecule has 0 aromatic heterocycles. The highest BCUT2D eigenvalue weighted by atomic mass is 16.3. The summed E-state index contributed by atoms with van der Waals surface area (Å²) < 4.78 is 0. The molecule has 1 saturated carbocycles. The third-order valence-electron chi connectivity index (χ3n) is 3.85. The molecular formula is C17H25NO2. The summed E-state index contributed by atoms with van der Waals surface area (Å²) >= 11 is 0. The van der Waals surface area contributed by atoms with Crippen LogP contribution in [0.5, 0.6) is 0 Å². The first-order valence-electron chi connectivity index (χ1n) is 7.44. The van der Waals surface area contributed by atoms with Gasteiger partial charge < -0.3 is 10.4 Å². The van der Waals surface area contributed by atoms with E-state index in [0.717, 1.165) is 6.42 Å². The van der Waals surface area contributed by atoms with Crippen LogP contribution in [0.4, 0.5) is 0 Å². The predicted molar refractivity (Wildman–Crippen MR) is 80.4 cm³/mol. The fourth-order valence-electron chi connectivity index (χ4n) is 2.91. The molecule has 0 heterocycles. The fourth-order valence-corrected chi connectivity index (χ4v) is 2.91. The van der Waals surface area contributed by atoms with Crippen molar-refractivity contribution in [2.45, 2.75) is 45.1 Å². The summed E-state index contributed by atoms with van der Waals surface area (Å²) in [5.74, 6) is 0.918. The minimum Gasteiger partial charge on any atom is -0.388 e. The lowest BCUT2D eigenvalue weighted by molar-refractivity contribution is -0.123. The van der Waals surface area contributed by atoms with Gasteiger partial charge in [-0.25, -0.2) is 0 Å². The highest BCUT2D eigenvalue weighted by molar-refractivity contribution is 5.82. The van der Waals surface area contributed by atoms with Crippen LogP contribution in [0, 0.1) is 11.8 Å². The van der Waals surface area contributed by atoms with Crippen molar-refractivity contribution in [1.82, 2.24) is 5.32 Å². The lowest BCUT2D eigenvalue weighted by Crippen LogP contribution is -2.42. The molecule has 110 valence electrons. The third-order valence-corrected chi connectivity index (χ3v) is 3.85. The molecule has 3 heteroatoms. The van der Waals surface area contributed by atoms with Crippen LogP contribution in [0.2, 0.25) is 0 Å². The van der Waals surface area contributed by atoms with Gasteiger partial charge in [0.15, 0.2) is 0 Å². The Kier molecular flexibility index (Phi) is 4.48. The molecule has 3 atom stereocenters. The molecule has 0 saturated heterocycles. The summed E-state index contributed by atoms with van der Waals surface area (Å²) in [5.41, 5.74) is 0.419. The van der Waals surface area contributed by atoms with Crippen LogP contribution in [0.1, 0.15) is 45.1 Å². The highest BCUT2D eigenvalue weighted by Gasteiger charge is 2.44. The largest absolute Gasteiger partial charge is 0.388 e. The van der Waals surface area contributed by atoms with Gasteiger partial charge in [0.25, 0.3) is 0 Å². The normalized spacial score (nSPS) is 24.2. The van der Waals surface area contributed by atoms with Crippen LogP contribution in [-0.2, 0) is 4.79 Å². The Balaban J connectivity index is 1.80.